The zero-order chi connectivity index (χ0) is 17.1. The lowest BCUT2D eigenvalue weighted by Gasteiger charge is -2.28. The lowest BCUT2D eigenvalue weighted by Crippen LogP contribution is -3.11. The molecule has 1 N–H and O–H groups in total. The fourth-order valence-corrected chi connectivity index (χ4v) is 4.99. The van der Waals surface area contributed by atoms with Gasteiger partial charge >= 0.3 is 0 Å². The van der Waals surface area contributed by atoms with Gasteiger partial charge in [0.25, 0.3) is 5.91 Å². The first-order valence-electron chi connectivity index (χ1n) is 9.21. The second-order valence-corrected chi connectivity index (χ2v) is 7.96. The highest BCUT2D eigenvalue weighted by molar-refractivity contribution is 7.10. The molecule has 1 fully saturated rings. The maximum absolute atomic E-state index is 12.8. The molecule has 2 aliphatic heterocycles. The summed E-state index contributed by atoms with van der Waals surface area (Å²) in [5.74, 6) is 0.307. The van der Waals surface area contributed by atoms with Gasteiger partial charge in [-0.2, -0.15) is 0 Å². The quantitative estimate of drug-likeness (QED) is 0.898. The lowest BCUT2D eigenvalue weighted by molar-refractivity contribution is -0.910. The largest absolute Gasteiger partial charge is 0.334 e. The number of thiophene rings is 1. The Hall–Kier alpha value is -1.91. The van der Waals surface area contributed by atoms with Crippen LogP contribution in [0.3, 0.4) is 0 Å². The molecule has 1 saturated heterocycles. The van der Waals surface area contributed by atoms with Gasteiger partial charge in [-0.05, 0) is 29.0 Å². The molecule has 2 atom stereocenters. The van der Waals surface area contributed by atoms with E-state index in [1.54, 1.807) is 0 Å². The first kappa shape index (κ1) is 16.6. The third-order valence-corrected chi connectivity index (χ3v) is 6.44. The van der Waals surface area contributed by atoms with Gasteiger partial charge in [-0.3, -0.25) is 4.79 Å². The monoisotopic (exact) mass is 353 g/mol. The van der Waals surface area contributed by atoms with Gasteiger partial charge in [0.05, 0.1) is 11.4 Å². The SMILES string of the molecule is O=C(C[NH+]1CCC[C@H]1c1cccs1)N1CC=C(c2ccccc2)CC1. The highest BCUT2D eigenvalue weighted by Gasteiger charge is 2.33. The number of benzene rings is 1. The van der Waals surface area contributed by atoms with Crippen molar-refractivity contribution in [2.24, 2.45) is 0 Å². The highest BCUT2D eigenvalue weighted by Crippen LogP contribution is 2.24. The fourth-order valence-electron chi connectivity index (χ4n) is 4.07. The van der Waals surface area contributed by atoms with Crippen molar-refractivity contribution in [1.29, 1.82) is 0 Å². The van der Waals surface area contributed by atoms with Crippen molar-refractivity contribution in [2.75, 3.05) is 26.2 Å². The summed E-state index contributed by atoms with van der Waals surface area (Å²) in [6.45, 7) is 3.35. The molecule has 3 heterocycles. The van der Waals surface area contributed by atoms with Crippen LogP contribution in [0.5, 0.6) is 0 Å². The molecular weight excluding hydrogens is 328 g/mol. The summed E-state index contributed by atoms with van der Waals surface area (Å²) in [6, 6.07) is 15.4. The molecule has 0 spiro atoms. The van der Waals surface area contributed by atoms with Crippen LogP contribution >= 0.6 is 11.3 Å². The Labute approximate surface area is 153 Å². The van der Waals surface area contributed by atoms with Gasteiger partial charge in [-0.15, -0.1) is 11.3 Å². The Morgan fingerprint density at radius 2 is 2.08 bits per heavy atom. The van der Waals surface area contributed by atoms with Crippen LogP contribution in [-0.2, 0) is 4.79 Å². The van der Waals surface area contributed by atoms with Gasteiger partial charge < -0.3 is 9.80 Å². The Morgan fingerprint density at radius 1 is 1.20 bits per heavy atom. The summed E-state index contributed by atoms with van der Waals surface area (Å²) >= 11 is 1.83. The predicted molar refractivity (Wildman–Crippen MR) is 103 cm³/mol. The van der Waals surface area contributed by atoms with Crippen molar-refractivity contribution in [1.82, 2.24) is 4.90 Å². The fraction of sp³-hybridized carbons (Fsp3) is 0.381. The maximum atomic E-state index is 12.8. The number of carbonyl (C=O) groups is 1. The summed E-state index contributed by atoms with van der Waals surface area (Å²) in [5.41, 5.74) is 2.66. The molecule has 1 unspecified atom stereocenters. The first-order valence-corrected chi connectivity index (χ1v) is 10.1. The van der Waals surface area contributed by atoms with E-state index in [-0.39, 0.29) is 0 Å². The molecule has 2 aromatic rings. The number of quaternary nitrogens is 1. The summed E-state index contributed by atoms with van der Waals surface area (Å²) in [4.78, 5) is 17.7. The van der Waals surface area contributed by atoms with Crippen LogP contribution in [0, 0.1) is 0 Å². The zero-order valence-corrected chi connectivity index (χ0v) is 15.3. The van der Waals surface area contributed by atoms with Crippen molar-refractivity contribution in [3.8, 4) is 0 Å². The molecule has 2 aliphatic rings. The van der Waals surface area contributed by atoms with E-state index in [9.17, 15) is 4.79 Å². The molecular formula is C21H25N2OS+. The van der Waals surface area contributed by atoms with Crippen molar-refractivity contribution in [2.45, 2.75) is 25.3 Å². The third-order valence-electron chi connectivity index (χ3n) is 5.45. The molecule has 1 aromatic carbocycles. The van der Waals surface area contributed by atoms with Crippen LogP contribution in [0.25, 0.3) is 5.57 Å². The smallest absolute Gasteiger partial charge is 0.278 e. The van der Waals surface area contributed by atoms with Gasteiger partial charge in [-0.1, -0.05) is 42.5 Å². The Kier molecular flexibility index (Phi) is 4.99. The van der Waals surface area contributed by atoms with Crippen LogP contribution in [-0.4, -0.2) is 37.0 Å². The molecule has 3 nitrogen and oxygen atoms in total. The van der Waals surface area contributed by atoms with Crippen molar-refractivity contribution in [3.05, 3.63) is 64.4 Å². The second-order valence-electron chi connectivity index (χ2n) is 6.98. The number of nitrogens with zero attached hydrogens (tertiary/aromatic N) is 1. The second kappa shape index (κ2) is 7.54. The molecule has 130 valence electrons. The molecule has 0 radical (unpaired) electrons. The zero-order valence-electron chi connectivity index (χ0n) is 14.5. The van der Waals surface area contributed by atoms with E-state index in [4.69, 9.17) is 0 Å². The minimum absolute atomic E-state index is 0.307. The van der Waals surface area contributed by atoms with Gasteiger partial charge in [0.15, 0.2) is 6.54 Å². The Balaban J connectivity index is 1.37. The van der Waals surface area contributed by atoms with Gasteiger partial charge in [0.2, 0.25) is 0 Å². The van der Waals surface area contributed by atoms with Crippen LogP contribution in [0.2, 0.25) is 0 Å². The van der Waals surface area contributed by atoms with E-state index in [1.807, 2.05) is 22.3 Å². The van der Waals surface area contributed by atoms with Crippen molar-refractivity contribution in [3.63, 3.8) is 0 Å². The number of nitrogens with one attached hydrogen (secondary N) is 1. The van der Waals surface area contributed by atoms with E-state index in [2.05, 4.69) is 47.9 Å². The van der Waals surface area contributed by atoms with Crippen LogP contribution < -0.4 is 4.90 Å². The van der Waals surface area contributed by atoms with Gasteiger partial charge in [0.1, 0.15) is 6.04 Å². The number of rotatable bonds is 4. The Bertz CT molecular complexity index is 739. The van der Waals surface area contributed by atoms with E-state index in [0.717, 1.165) is 26.1 Å². The molecule has 4 heteroatoms. The highest BCUT2D eigenvalue weighted by atomic mass is 32.1. The number of likely N-dealkylation sites (tertiary alicyclic amines) is 1. The third kappa shape index (κ3) is 3.70. The summed E-state index contributed by atoms with van der Waals surface area (Å²) in [6.07, 6.45) is 5.62. The number of amides is 1. The van der Waals surface area contributed by atoms with E-state index >= 15 is 0 Å². The minimum atomic E-state index is 0.307. The molecule has 4 rings (SSSR count). The molecule has 1 amide bonds. The average Bonchev–Trinajstić information content (AvgIpc) is 3.34. The number of carbonyl (C=O) groups excluding carboxylic acids is 1. The van der Waals surface area contributed by atoms with Crippen molar-refractivity contribution < 1.29 is 9.69 Å². The molecule has 1 aromatic heterocycles. The van der Waals surface area contributed by atoms with Crippen LogP contribution in [0.4, 0.5) is 0 Å². The topological polar surface area (TPSA) is 24.8 Å². The normalized spacial score (nSPS) is 23.5. The van der Waals surface area contributed by atoms with Gasteiger partial charge in [-0.25, -0.2) is 0 Å². The maximum Gasteiger partial charge on any atom is 0.278 e. The molecule has 0 saturated carbocycles. The summed E-state index contributed by atoms with van der Waals surface area (Å²) < 4.78 is 0. The van der Waals surface area contributed by atoms with E-state index in [1.165, 1.54) is 33.8 Å². The lowest BCUT2D eigenvalue weighted by atomic mass is 9.99. The van der Waals surface area contributed by atoms with E-state index < -0.39 is 0 Å². The molecule has 0 bridgehead atoms. The predicted octanol–water partition coefficient (Wildman–Crippen LogP) is 2.78. The number of hydrogen-bond donors (Lipinski definition) is 1. The summed E-state index contributed by atoms with van der Waals surface area (Å²) in [7, 11) is 0. The van der Waals surface area contributed by atoms with E-state index in [0.29, 0.717) is 18.5 Å². The first-order chi connectivity index (χ1) is 12.3. The number of hydrogen-bond acceptors (Lipinski definition) is 2. The average molecular weight is 354 g/mol. The molecule has 25 heavy (non-hydrogen) atoms. The minimum Gasteiger partial charge on any atom is -0.334 e. The standard InChI is InChI=1S/C21H24N2OS/c24-21(16-23-12-4-8-19(23)20-9-5-15-25-20)22-13-10-18(11-14-22)17-6-2-1-3-7-17/h1-3,5-7,9-10,15,19H,4,8,11-14,16H2/p+1/t19-/m0/s1. The van der Waals surface area contributed by atoms with Crippen LogP contribution in [0.15, 0.2) is 53.9 Å². The molecule has 0 aliphatic carbocycles. The summed E-state index contributed by atoms with van der Waals surface area (Å²) in [5, 5.41) is 2.15. The van der Waals surface area contributed by atoms with Gasteiger partial charge in [0, 0.05) is 25.9 Å². The van der Waals surface area contributed by atoms with Crippen molar-refractivity contribution >= 4 is 22.8 Å². The van der Waals surface area contributed by atoms with Crippen LogP contribution in [0.1, 0.15) is 35.7 Å². The Morgan fingerprint density at radius 3 is 2.80 bits per heavy atom.